The first-order valence-electron chi connectivity index (χ1n) is 5.00. The molecule has 0 radical (unpaired) electrons. The summed E-state index contributed by atoms with van der Waals surface area (Å²) in [6, 6.07) is 3.27. The number of benzene rings is 1. The minimum absolute atomic E-state index is 0.390. The summed E-state index contributed by atoms with van der Waals surface area (Å²) < 4.78 is 54.5. The molecule has 1 rings (SSSR count). The standard InChI is InChI=1S/C11H13F4NO/c1-6(16)8-3-4-10(9(12)5-8)17-7(2)11(13,14)15/h3-7H,16H2,1-2H3. The van der Waals surface area contributed by atoms with E-state index in [1.54, 1.807) is 6.92 Å². The smallest absolute Gasteiger partial charge is 0.425 e. The Kier molecular flexibility index (Phi) is 3.98. The predicted molar refractivity (Wildman–Crippen MR) is 55.1 cm³/mol. The normalized spacial score (nSPS) is 15.5. The fourth-order valence-electron chi connectivity index (χ4n) is 1.15. The first-order valence-corrected chi connectivity index (χ1v) is 5.00. The molecular weight excluding hydrogens is 238 g/mol. The van der Waals surface area contributed by atoms with Crippen LogP contribution in [0, 0.1) is 5.82 Å². The third-order valence-electron chi connectivity index (χ3n) is 2.25. The van der Waals surface area contributed by atoms with Crippen molar-refractivity contribution in [2.24, 2.45) is 5.73 Å². The Bertz CT molecular complexity index is 390. The van der Waals surface area contributed by atoms with Crippen molar-refractivity contribution in [2.75, 3.05) is 0 Å². The van der Waals surface area contributed by atoms with Gasteiger partial charge < -0.3 is 10.5 Å². The minimum atomic E-state index is -4.52. The first-order chi connectivity index (χ1) is 7.71. The highest BCUT2D eigenvalue weighted by Crippen LogP contribution is 2.27. The minimum Gasteiger partial charge on any atom is -0.478 e. The van der Waals surface area contributed by atoms with Crippen LogP contribution < -0.4 is 10.5 Å². The molecule has 0 saturated carbocycles. The van der Waals surface area contributed by atoms with Gasteiger partial charge in [-0.3, -0.25) is 0 Å². The molecule has 0 fully saturated rings. The van der Waals surface area contributed by atoms with E-state index in [9.17, 15) is 17.6 Å². The number of rotatable bonds is 3. The average Bonchev–Trinajstić information content (AvgIpc) is 2.19. The SMILES string of the molecule is CC(N)c1ccc(OC(C)C(F)(F)F)c(F)c1. The van der Waals surface area contributed by atoms with Gasteiger partial charge in [-0.25, -0.2) is 4.39 Å². The van der Waals surface area contributed by atoms with Gasteiger partial charge in [0, 0.05) is 6.04 Å². The molecule has 2 unspecified atom stereocenters. The van der Waals surface area contributed by atoms with Gasteiger partial charge in [-0.05, 0) is 31.5 Å². The third kappa shape index (κ3) is 3.59. The summed E-state index contributed by atoms with van der Waals surface area (Å²) in [4.78, 5) is 0. The van der Waals surface area contributed by atoms with E-state index >= 15 is 0 Å². The lowest BCUT2D eigenvalue weighted by Gasteiger charge is -2.18. The van der Waals surface area contributed by atoms with Gasteiger partial charge in [0.1, 0.15) is 0 Å². The molecule has 0 aliphatic rings. The van der Waals surface area contributed by atoms with Crippen LogP contribution in [0.4, 0.5) is 17.6 Å². The van der Waals surface area contributed by atoms with Crippen molar-refractivity contribution >= 4 is 0 Å². The van der Waals surface area contributed by atoms with Crippen molar-refractivity contribution in [3.8, 4) is 5.75 Å². The van der Waals surface area contributed by atoms with Crippen LogP contribution in [0.5, 0.6) is 5.75 Å². The summed E-state index contributed by atoms with van der Waals surface area (Å²) in [5, 5.41) is 0. The van der Waals surface area contributed by atoms with Crippen molar-refractivity contribution < 1.29 is 22.3 Å². The molecule has 0 aliphatic carbocycles. The Morgan fingerprint density at radius 2 is 1.82 bits per heavy atom. The Morgan fingerprint density at radius 1 is 1.24 bits per heavy atom. The molecule has 6 heteroatoms. The van der Waals surface area contributed by atoms with Crippen LogP contribution >= 0.6 is 0 Å². The van der Waals surface area contributed by atoms with Crippen LogP contribution in [0.25, 0.3) is 0 Å². The van der Waals surface area contributed by atoms with Crippen LogP contribution in [0.1, 0.15) is 25.5 Å². The van der Waals surface area contributed by atoms with Gasteiger partial charge in [0.25, 0.3) is 0 Å². The highest BCUT2D eigenvalue weighted by molar-refractivity contribution is 5.30. The van der Waals surface area contributed by atoms with Crippen LogP contribution in [-0.2, 0) is 0 Å². The summed E-state index contributed by atoms with van der Waals surface area (Å²) in [6.45, 7) is 2.46. The summed E-state index contributed by atoms with van der Waals surface area (Å²) in [6.07, 6.45) is -6.58. The Balaban J connectivity index is 2.87. The first kappa shape index (κ1) is 13.8. The van der Waals surface area contributed by atoms with E-state index in [2.05, 4.69) is 4.74 Å². The fourth-order valence-corrected chi connectivity index (χ4v) is 1.15. The largest absolute Gasteiger partial charge is 0.478 e. The molecule has 1 aromatic rings. The maximum atomic E-state index is 13.4. The summed E-state index contributed by atoms with van der Waals surface area (Å²) in [7, 11) is 0. The molecule has 0 aromatic heterocycles. The molecule has 17 heavy (non-hydrogen) atoms. The maximum Gasteiger partial charge on any atom is 0.425 e. The molecule has 2 N–H and O–H groups in total. The number of halogens is 4. The second-order valence-corrected chi connectivity index (χ2v) is 3.78. The quantitative estimate of drug-likeness (QED) is 0.837. The maximum absolute atomic E-state index is 13.4. The van der Waals surface area contributed by atoms with E-state index in [-0.39, 0.29) is 0 Å². The number of hydrogen-bond donors (Lipinski definition) is 1. The highest BCUT2D eigenvalue weighted by atomic mass is 19.4. The highest BCUT2D eigenvalue weighted by Gasteiger charge is 2.38. The lowest BCUT2D eigenvalue weighted by atomic mass is 10.1. The molecule has 0 bridgehead atoms. The van der Waals surface area contributed by atoms with Crippen molar-refractivity contribution in [3.05, 3.63) is 29.6 Å². The monoisotopic (exact) mass is 251 g/mol. The van der Waals surface area contributed by atoms with E-state index in [1.807, 2.05) is 0 Å². The van der Waals surface area contributed by atoms with Crippen LogP contribution in [0.15, 0.2) is 18.2 Å². The summed E-state index contributed by atoms with van der Waals surface area (Å²) in [5.74, 6) is -1.28. The van der Waals surface area contributed by atoms with E-state index in [0.29, 0.717) is 5.56 Å². The molecule has 1 aromatic carbocycles. The van der Waals surface area contributed by atoms with Crippen LogP contribution in [-0.4, -0.2) is 12.3 Å². The van der Waals surface area contributed by atoms with Gasteiger partial charge in [0.15, 0.2) is 17.7 Å². The molecule has 2 nitrogen and oxygen atoms in total. The topological polar surface area (TPSA) is 35.2 Å². The molecular formula is C11H13F4NO. The lowest BCUT2D eigenvalue weighted by molar-refractivity contribution is -0.189. The Hall–Kier alpha value is -1.30. The number of nitrogens with two attached hydrogens (primary N) is 1. The van der Waals surface area contributed by atoms with Gasteiger partial charge in [0.2, 0.25) is 0 Å². The zero-order chi connectivity index (χ0) is 13.2. The van der Waals surface area contributed by atoms with E-state index in [1.165, 1.54) is 6.07 Å². The van der Waals surface area contributed by atoms with Crippen molar-refractivity contribution in [2.45, 2.75) is 32.2 Å². The zero-order valence-corrected chi connectivity index (χ0v) is 9.38. The number of ether oxygens (including phenoxy) is 1. The van der Waals surface area contributed by atoms with Crippen molar-refractivity contribution in [1.82, 2.24) is 0 Å². The van der Waals surface area contributed by atoms with Crippen molar-refractivity contribution in [1.29, 1.82) is 0 Å². The molecule has 0 amide bonds. The molecule has 0 aliphatic heterocycles. The number of hydrogen-bond acceptors (Lipinski definition) is 2. The molecule has 0 saturated heterocycles. The fraction of sp³-hybridized carbons (Fsp3) is 0.455. The van der Waals surface area contributed by atoms with Gasteiger partial charge in [-0.15, -0.1) is 0 Å². The summed E-state index contributed by atoms with van der Waals surface area (Å²) >= 11 is 0. The lowest BCUT2D eigenvalue weighted by Crippen LogP contribution is -2.31. The predicted octanol–water partition coefficient (Wildman–Crippen LogP) is 3.18. The molecule has 0 heterocycles. The van der Waals surface area contributed by atoms with Gasteiger partial charge >= 0.3 is 6.18 Å². The van der Waals surface area contributed by atoms with E-state index < -0.39 is 29.9 Å². The third-order valence-corrected chi connectivity index (χ3v) is 2.25. The summed E-state index contributed by atoms with van der Waals surface area (Å²) in [5.41, 5.74) is 6.01. The van der Waals surface area contributed by atoms with E-state index in [4.69, 9.17) is 5.73 Å². The zero-order valence-electron chi connectivity index (χ0n) is 9.38. The van der Waals surface area contributed by atoms with E-state index in [0.717, 1.165) is 19.1 Å². The molecule has 96 valence electrons. The Labute approximate surface area is 96.4 Å². The van der Waals surface area contributed by atoms with Crippen molar-refractivity contribution in [3.63, 3.8) is 0 Å². The van der Waals surface area contributed by atoms with Gasteiger partial charge in [-0.1, -0.05) is 6.07 Å². The second kappa shape index (κ2) is 4.91. The second-order valence-electron chi connectivity index (χ2n) is 3.78. The van der Waals surface area contributed by atoms with Gasteiger partial charge in [0.05, 0.1) is 0 Å². The molecule has 2 atom stereocenters. The van der Waals surface area contributed by atoms with Crippen LogP contribution in [0.3, 0.4) is 0 Å². The van der Waals surface area contributed by atoms with Gasteiger partial charge in [-0.2, -0.15) is 13.2 Å². The Morgan fingerprint density at radius 3 is 2.24 bits per heavy atom. The number of alkyl halides is 3. The molecule has 0 spiro atoms. The average molecular weight is 251 g/mol. The van der Waals surface area contributed by atoms with Crippen LogP contribution in [0.2, 0.25) is 0 Å².